The molecule has 0 fully saturated rings. The van der Waals surface area contributed by atoms with Crippen molar-refractivity contribution in [2.24, 2.45) is 0 Å². The largest absolute Gasteiger partial charge is 0.312 e. The minimum atomic E-state index is -0.378. The minimum absolute atomic E-state index is 0.0812. The SMILES string of the molecule is Cc1nn(CCc2nc3c4c5c(sc4ncn3n2)CCC5)c(C)c1[N+](=O)[O-]. The van der Waals surface area contributed by atoms with Crippen LogP contribution in [-0.2, 0) is 25.8 Å². The molecule has 1 aliphatic rings. The topological polar surface area (TPSA) is 104 Å². The Morgan fingerprint density at radius 3 is 2.93 bits per heavy atom. The third-order valence-electron chi connectivity index (χ3n) is 5.16. The normalized spacial score (nSPS) is 13.7. The van der Waals surface area contributed by atoms with Crippen LogP contribution < -0.4 is 0 Å². The minimum Gasteiger partial charge on any atom is -0.262 e. The van der Waals surface area contributed by atoms with Gasteiger partial charge in [-0.2, -0.15) is 5.10 Å². The van der Waals surface area contributed by atoms with E-state index >= 15 is 0 Å². The summed E-state index contributed by atoms with van der Waals surface area (Å²) in [5, 5.41) is 21.1. The third kappa shape index (κ3) is 2.43. The maximum atomic E-state index is 11.2. The first-order valence-electron chi connectivity index (χ1n) is 8.86. The van der Waals surface area contributed by atoms with Gasteiger partial charge in [-0.25, -0.2) is 14.5 Å². The number of aryl methyl sites for hydroxylation is 5. The summed E-state index contributed by atoms with van der Waals surface area (Å²) in [7, 11) is 0. The molecule has 4 heterocycles. The number of thiophene rings is 1. The van der Waals surface area contributed by atoms with Crippen molar-refractivity contribution < 1.29 is 4.92 Å². The van der Waals surface area contributed by atoms with Crippen molar-refractivity contribution in [2.45, 2.75) is 46.1 Å². The lowest BCUT2D eigenvalue weighted by Crippen LogP contribution is -2.06. The summed E-state index contributed by atoms with van der Waals surface area (Å²) < 4.78 is 3.40. The van der Waals surface area contributed by atoms with Gasteiger partial charge in [0.2, 0.25) is 0 Å². The van der Waals surface area contributed by atoms with Crippen molar-refractivity contribution >= 4 is 32.9 Å². The summed E-state index contributed by atoms with van der Waals surface area (Å²) in [6, 6.07) is 0. The molecule has 4 aromatic heterocycles. The summed E-state index contributed by atoms with van der Waals surface area (Å²) in [5.41, 5.74) is 3.30. The molecular formula is C17H17N7O2S. The zero-order valence-electron chi connectivity index (χ0n) is 15.0. The predicted molar refractivity (Wildman–Crippen MR) is 100 cm³/mol. The van der Waals surface area contributed by atoms with Crippen molar-refractivity contribution in [1.82, 2.24) is 29.4 Å². The van der Waals surface area contributed by atoms with Crippen molar-refractivity contribution in [3.63, 3.8) is 0 Å². The Labute approximate surface area is 157 Å². The second-order valence-electron chi connectivity index (χ2n) is 6.83. The predicted octanol–water partition coefficient (Wildman–Crippen LogP) is 2.79. The molecule has 0 aliphatic heterocycles. The molecule has 10 heteroatoms. The van der Waals surface area contributed by atoms with Gasteiger partial charge in [0.05, 0.1) is 10.3 Å². The fraction of sp³-hybridized carbons (Fsp3) is 0.412. The Bertz CT molecular complexity index is 1220. The van der Waals surface area contributed by atoms with Gasteiger partial charge in [-0.15, -0.1) is 16.4 Å². The highest BCUT2D eigenvalue weighted by Crippen LogP contribution is 2.37. The summed E-state index contributed by atoms with van der Waals surface area (Å²) >= 11 is 1.76. The molecule has 9 nitrogen and oxygen atoms in total. The van der Waals surface area contributed by atoms with Gasteiger partial charge in [0.15, 0.2) is 11.5 Å². The van der Waals surface area contributed by atoms with E-state index in [1.54, 1.807) is 40.7 Å². The second kappa shape index (κ2) is 5.81. The zero-order chi connectivity index (χ0) is 18.7. The maximum Gasteiger partial charge on any atom is 0.312 e. The third-order valence-corrected chi connectivity index (χ3v) is 6.36. The van der Waals surface area contributed by atoms with Gasteiger partial charge in [0.25, 0.3) is 0 Å². The molecule has 0 amide bonds. The van der Waals surface area contributed by atoms with Crippen molar-refractivity contribution in [1.29, 1.82) is 0 Å². The number of fused-ring (bicyclic) bond motifs is 5. The molecule has 5 rings (SSSR count). The Morgan fingerprint density at radius 1 is 1.30 bits per heavy atom. The molecule has 1 aliphatic carbocycles. The highest BCUT2D eigenvalue weighted by molar-refractivity contribution is 7.19. The van der Waals surface area contributed by atoms with Gasteiger partial charge in [0, 0.05) is 17.8 Å². The highest BCUT2D eigenvalue weighted by atomic mass is 32.1. The van der Waals surface area contributed by atoms with Crippen LogP contribution in [0.4, 0.5) is 5.69 Å². The second-order valence-corrected chi connectivity index (χ2v) is 7.91. The van der Waals surface area contributed by atoms with Gasteiger partial charge >= 0.3 is 5.69 Å². The highest BCUT2D eigenvalue weighted by Gasteiger charge is 2.23. The molecule has 0 saturated heterocycles. The van der Waals surface area contributed by atoms with Gasteiger partial charge in [-0.3, -0.25) is 14.8 Å². The lowest BCUT2D eigenvalue weighted by atomic mass is 10.2. The van der Waals surface area contributed by atoms with Crippen LogP contribution in [0.2, 0.25) is 0 Å². The standard InChI is InChI=1S/C17H17N7O2S/c1-9-15(24(25)26)10(2)22(20-9)7-6-13-19-16-14-11-4-3-5-12(11)27-17(14)18-8-23(16)21-13/h8H,3-7H2,1-2H3. The molecule has 27 heavy (non-hydrogen) atoms. The van der Waals surface area contributed by atoms with E-state index in [-0.39, 0.29) is 10.6 Å². The first-order valence-corrected chi connectivity index (χ1v) is 9.67. The number of nitrogens with zero attached hydrogens (tertiary/aromatic N) is 7. The van der Waals surface area contributed by atoms with Crippen LogP contribution in [0.5, 0.6) is 0 Å². The zero-order valence-corrected chi connectivity index (χ0v) is 15.8. The van der Waals surface area contributed by atoms with Crippen LogP contribution in [0.15, 0.2) is 6.33 Å². The number of nitro groups is 1. The van der Waals surface area contributed by atoms with E-state index in [0.29, 0.717) is 30.2 Å². The molecule has 0 radical (unpaired) electrons. The fourth-order valence-electron chi connectivity index (χ4n) is 3.92. The summed E-state index contributed by atoms with van der Waals surface area (Å²) in [6.07, 6.45) is 5.66. The first kappa shape index (κ1) is 16.3. The van der Waals surface area contributed by atoms with E-state index in [2.05, 4.69) is 15.2 Å². The van der Waals surface area contributed by atoms with Crippen LogP contribution >= 0.6 is 11.3 Å². The molecule has 0 aromatic carbocycles. The van der Waals surface area contributed by atoms with Crippen molar-refractivity contribution in [3.05, 3.63) is 44.1 Å². The van der Waals surface area contributed by atoms with Crippen LogP contribution in [-0.4, -0.2) is 34.3 Å². The Kier molecular flexibility index (Phi) is 3.51. The molecule has 0 saturated carbocycles. The first-order chi connectivity index (χ1) is 13.0. The fourth-order valence-corrected chi connectivity index (χ4v) is 5.14. The van der Waals surface area contributed by atoms with E-state index in [4.69, 9.17) is 4.98 Å². The molecule has 4 aromatic rings. The van der Waals surface area contributed by atoms with Crippen molar-refractivity contribution in [3.8, 4) is 0 Å². The van der Waals surface area contributed by atoms with Gasteiger partial charge in [-0.05, 0) is 38.7 Å². The van der Waals surface area contributed by atoms with E-state index < -0.39 is 0 Å². The van der Waals surface area contributed by atoms with Crippen LogP contribution in [0.25, 0.3) is 15.9 Å². The molecule has 0 atom stereocenters. The van der Waals surface area contributed by atoms with Gasteiger partial charge < -0.3 is 0 Å². The van der Waals surface area contributed by atoms with E-state index in [9.17, 15) is 10.1 Å². The van der Waals surface area contributed by atoms with E-state index in [1.807, 2.05) is 0 Å². The van der Waals surface area contributed by atoms with E-state index in [0.717, 1.165) is 28.7 Å². The molecule has 0 spiro atoms. The van der Waals surface area contributed by atoms with Crippen LogP contribution in [0.3, 0.4) is 0 Å². The number of hydrogen-bond donors (Lipinski definition) is 0. The average molecular weight is 383 g/mol. The lowest BCUT2D eigenvalue weighted by molar-refractivity contribution is -0.386. The molecule has 0 bridgehead atoms. The molecule has 138 valence electrons. The number of aromatic nitrogens is 6. The van der Waals surface area contributed by atoms with Crippen LogP contribution in [0, 0.1) is 24.0 Å². The molecule has 0 unspecified atom stereocenters. The average Bonchev–Trinajstić information content (AvgIpc) is 3.34. The quantitative estimate of drug-likeness (QED) is 0.396. The monoisotopic (exact) mass is 383 g/mol. The Morgan fingerprint density at radius 2 is 2.15 bits per heavy atom. The molecule has 0 N–H and O–H groups in total. The maximum absolute atomic E-state index is 11.2. The summed E-state index contributed by atoms with van der Waals surface area (Å²) in [5.74, 6) is 0.692. The smallest absolute Gasteiger partial charge is 0.262 e. The Hall–Kier alpha value is -2.88. The summed E-state index contributed by atoms with van der Waals surface area (Å²) in [4.78, 5) is 22.5. The van der Waals surface area contributed by atoms with E-state index in [1.165, 1.54) is 16.9 Å². The Balaban J connectivity index is 1.49. The lowest BCUT2D eigenvalue weighted by Gasteiger charge is -2.00. The van der Waals surface area contributed by atoms with Gasteiger partial charge in [0.1, 0.15) is 22.5 Å². The van der Waals surface area contributed by atoms with Gasteiger partial charge in [-0.1, -0.05) is 0 Å². The molecular weight excluding hydrogens is 366 g/mol. The van der Waals surface area contributed by atoms with Crippen LogP contribution in [0.1, 0.15) is 34.1 Å². The number of rotatable bonds is 4. The summed E-state index contributed by atoms with van der Waals surface area (Å²) in [6.45, 7) is 3.87. The van der Waals surface area contributed by atoms with Crippen molar-refractivity contribution in [2.75, 3.05) is 0 Å². The number of hydrogen-bond acceptors (Lipinski definition) is 7.